The van der Waals surface area contributed by atoms with Gasteiger partial charge in [0.25, 0.3) is 11.1 Å². The van der Waals surface area contributed by atoms with E-state index >= 15 is 0 Å². The van der Waals surface area contributed by atoms with Crippen molar-refractivity contribution < 1.29 is 24.2 Å². The van der Waals surface area contributed by atoms with E-state index in [0.29, 0.717) is 52.2 Å². The standard InChI is InChI=1S/C40H55N5O7/c1-24(2)17-18-43(32(46)22-44-29-19-25(51-11)13-15-27(29)41-33(35(44)47)38(3,4)5)23-40(9,10)21-31(37(49)50)45-30-20-26(52-12)14-16-28(30)42-34(36(45)48)39(6,7)8/h13-16,19-20,24,31H,17-18,21-23H2,1-12H3,(H,49,50). The number of ether oxygens (including phenoxy) is 2. The lowest BCUT2D eigenvalue weighted by Gasteiger charge is -2.36. The molecule has 2 aromatic carbocycles. The summed E-state index contributed by atoms with van der Waals surface area (Å²) in [5.41, 5.74) is -0.399. The highest BCUT2D eigenvalue weighted by Gasteiger charge is 2.36. The molecule has 12 heteroatoms. The molecule has 2 aromatic heterocycles. The van der Waals surface area contributed by atoms with Gasteiger partial charge in [-0.25, -0.2) is 14.8 Å². The van der Waals surface area contributed by atoms with E-state index in [1.165, 1.54) is 23.4 Å². The minimum absolute atomic E-state index is 0.0249. The van der Waals surface area contributed by atoms with Crippen LogP contribution in [0.5, 0.6) is 11.5 Å². The Kier molecular flexibility index (Phi) is 11.6. The molecule has 1 atom stereocenters. The molecule has 1 amide bonds. The molecule has 0 aliphatic carbocycles. The zero-order chi connectivity index (χ0) is 38.9. The molecule has 2 heterocycles. The van der Waals surface area contributed by atoms with Crippen molar-refractivity contribution in [2.24, 2.45) is 11.3 Å². The van der Waals surface area contributed by atoms with Gasteiger partial charge >= 0.3 is 5.97 Å². The Morgan fingerprint density at radius 2 is 1.31 bits per heavy atom. The number of aliphatic carboxylic acids is 1. The van der Waals surface area contributed by atoms with Gasteiger partial charge in [-0.3, -0.25) is 23.5 Å². The van der Waals surface area contributed by atoms with Crippen LogP contribution in [0, 0.1) is 11.3 Å². The Bertz CT molecular complexity index is 2080. The van der Waals surface area contributed by atoms with Crippen LogP contribution >= 0.6 is 0 Å². The molecule has 0 fully saturated rings. The fraction of sp³-hybridized carbons (Fsp3) is 0.550. The fourth-order valence-electron chi connectivity index (χ4n) is 6.43. The number of methoxy groups -OCH3 is 2. The van der Waals surface area contributed by atoms with Crippen LogP contribution < -0.4 is 20.6 Å². The Morgan fingerprint density at radius 3 is 1.79 bits per heavy atom. The largest absolute Gasteiger partial charge is 0.497 e. The zero-order valence-electron chi connectivity index (χ0n) is 32.8. The van der Waals surface area contributed by atoms with Crippen LogP contribution in [0.15, 0.2) is 46.0 Å². The third-order valence-electron chi connectivity index (χ3n) is 9.25. The minimum Gasteiger partial charge on any atom is -0.497 e. The molecule has 52 heavy (non-hydrogen) atoms. The summed E-state index contributed by atoms with van der Waals surface area (Å²) in [5, 5.41) is 10.7. The molecule has 4 rings (SSSR count). The summed E-state index contributed by atoms with van der Waals surface area (Å²) in [4.78, 5) is 66.7. The number of hydrogen-bond acceptors (Lipinski definition) is 8. The number of carboxylic acids is 1. The van der Waals surface area contributed by atoms with Crippen molar-refractivity contribution >= 4 is 33.9 Å². The van der Waals surface area contributed by atoms with Crippen molar-refractivity contribution in [3.05, 3.63) is 68.5 Å². The number of nitrogens with zero attached hydrogens (tertiary/aromatic N) is 5. The first-order valence-electron chi connectivity index (χ1n) is 17.8. The summed E-state index contributed by atoms with van der Waals surface area (Å²) in [7, 11) is 3.04. The second-order valence-corrected chi connectivity index (χ2v) is 16.9. The summed E-state index contributed by atoms with van der Waals surface area (Å²) >= 11 is 0. The van der Waals surface area contributed by atoms with Gasteiger partial charge < -0.3 is 19.5 Å². The Morgan fingerprint density at radius 1 is 0.808 bits per heavy atom. The van der Waals surface area contributed by atoms with E-state index in [9.17, 15) is 24.3 Å². The maximum atomic E-state index is 14.4. The molecule has 0 bridgehead atoms. The maximum absolute atomic E-state index is 14.4. The van der Waals surface area contributed by atoms with E-state index in [4.69, 9.17) is 9.47 Å². The molecular weight excluding hydrogens is 662 g/mol. The lowest BCUT2D eigenvalue weighted by Crippen LogP contribution is -2.45. The van der Waals surface area contributed by atoms with Gasteiger partial charge in [0.1, 0.15) is 35.5 Å². The van der Waals surface area contributed by atoms with Gasteiger partial charge in [0, 0.05) is 36.1 Å². The molecule has 4 aromatic rings. The van der Waals surface area contributed by atoms with Crippen molar-refractivity contribution in [1.82, 2.24) is 24.0 Å². The average molecular weight is 718 g/mol. The van der Waals surface area contributed by atoms with Gasteiger partial charge in [0.15, 0.2) is 0 Å². The molecule has 0 spiro atoms. The normalized spacial score (nSPS) is 13.1. The number of fused-ring (bicyclic) bond motifs is 2. The van der Waals surface area contributed by atoms with Crippen LogP contribution in [0.4, 0.5) is 0 Å². The predicted octanol–water partition coefficient (Wildman–Crippen LogP) is 6.34. The van der Waals surface area contributed by atoms with Crippen LogP contribution in [-0.2, 0) is 27.0 Å². The van der Waals surface area contributed by atoms with Crippen molar-refractivity contribution in [3.63, 3.8) is 0 Å². The van der Waals surface area contributed by atoms with Crippen molar-refractivity contribution in [1.29, 1.82) is 0 Å². The number of carbonyl (C=O) groups excluding carboxylic acids is 1. The first-order chi connectivity index (χ1) is 24.1. The maximum Gasteiger partial charge on any atom is 0.326 e. The third-order valence-corrected chi connectivity index (χ3v) is 9.25. The monoisotopic (exact) mass is 717 g/mol. The van der Waals surface area contributed by atoms with Crippen LogP contribution in [0.3, 0.4) is 0 Å². The molecular formula is C40H55N5O7. The van der Waals surface area contributed by atoms with Gasteiger partial charge in [0.2, 0.25) is 5.91 Å². The lowest BCUT2D eigenvalue weighted by atomic mass is 9.84. The number of aromatic nitrogens is 4. The van der Waals surface area contributed by atoms with E-state index < -0.39 is 33.8 Å². The van der Waals surface area contributed by atoms with Gasteiger partial charge in [0.05, 0.1) is 36.3 Å². The number of hydrogen-bond donors (Lipinski definition) is 1. The predicted molar refractivity (Wildman–Crippen MR) is 204 cm³/mol. The van der Waals surface area contributed by atoms with Crippen LogP contribution in [0.1, 0.15) is 99.5 Å². The quantitative estimate of drug-likeness (QED) is 0.168. The minimum atomic E-state index is -1.28. The highest BCUT2D eigenvalue weighted by atomic mass is 16.5. The summed E-state index contributed by atoms with van der Waals surface area (Å²) in [6, 6.07) is 9.06. The summed E-state index contributed by atoms with van der Waals surface area (Å²) in [6.45, 7) is 19.6. The number of amides is 1. The molecule has 0 aliphatic rings. The first-order valence-corrected chi connectivity index (χ1v) is 17.8. The Labute approximate surface area is 305 Å². The summed E-state index contributed by atoms with van der Waals surface area (Å²) < 4.78 is 13.7. The fourth-order valence-corrected chi connectivity index (χ4v) is 6.43. The lowest BCUT2D eigenvalue weighted by molar-refractivity contribution is -0.142. The van der Waals surface area contributed by atoms with Crippen LogP contribution in [0.2, 0.25) is 0 Å². The number of rotatable bonds is 13. The van der Waals surface area contributed by atoms with Gasteiger partial charge in [-0.05, 0) is 48.4 Å². The van der Waals surface area contributed by atoms with E-state index in [0.717, 1.165) is 0 Å². The van der Waals surface area contributed by atoms with Crippen molar-refractivity contribution in [2.45, 2.75) is 105 Å². The highest BCUT2D eigenvalue weighted by molar-refractivity contribution is 5.82. The van der Waals surface area contributed by atoms with E-state index in [1.807, 2.05) is 55.4 Å². The molecule has 0 radical (unpaired) electrons. The topological polar surface area (TPSA) is 146 Å². The molecule has 0 aliphatic heterocycles. The van der Waals surface area contributed by atoms with Gasteiger partial charge in [-0.15, -0.1) is 0 Å². The first kappa shape index (κ1) is 40.0. The molecule has 12 nitrogen and oxygen atoms in total. The molecule has 0 saturated carbocycles. The average Bonchev–Trinajstić information content (AvgIpc) is 3.04. The Hall–Kier alpha value is -4.74. The van der Waals surface area contributed by atoms with Crippen LogP contribution in [-0.4, -0.2) is 68.3 Å². The summed E-state index contributed by atoms with van der Waals surface area (Å²) in [6.07, 6.45) is 0.720. The van der Waals surface area contributed by atoms with Crippen LogP contribution in [0.25, 0.3) is 22.1 Å². The molecule has 282 valence electrons. The number of benzene rings is 2. The second kappa shape index (κ2) is 15.1. The van der Waals surface area contributed by atoms with E-state index in [-0.39, 0.29) is 42.6 Å². The van der Waals surface area contributed by atoms with E-state index in [1.54, 1.807) is 41.3 Å². The van der Waals surface area contributed by atoms with Crippen molar-refractivity contribution in [3.8, 4) is 11.5 Å². The van der Waals surface area contributed by atoms with Gasteiger partial charge in [-0.1, -0.05) is 69.2 Å². The van der Waals surface area contributed by atoms with Gasteiger partial charge in [-0.2, -0.15) is 0 Å². The van der Waals surface area contributed by atoms with Crippen molar-refractivity contribution in [2.75, 3.05) is 27.3 Å². The summed E-state index contributed by atoms with van der Waals surface area (Å²) in [5.74, 6) is -0.194. The third kappa shape index (κ3) is 8.82. The SMILES string of the molecule is COc1ccc2nc(C(C)(C)C)c(=O)n(CC(=O)N(CCC(C)C)CC(C)(C)CC(C(=O)O)n3c(=O)c(C(C)(C)C)nc4ccc(OC)cc43)c2c1. The Balaban J connectivity index is 1.79. The molecule has 1 N–H and O–H groups in total. The zero-order valence-corrected chi connectivity index (χ0v) is 32.8. The van der Waals surface area contributed by atoms with E-state index in [2.05, 4.69) is 23.8 Å². The second-order valence-electron chi connectivity index (χ2n) is 16.9. The number of carboxylic acid groups (broad SMARTS) is 1. The molecule has 1 unspecified atom stereocenters. The smallest absolute Gasteiger partial charge is 0.326 e. The molecule has 0 saturated heterocycles. The highest BCUT2D eigenvalue weighted by Crippen LogP contribution is 2.33. The number of carbonyl (C=O) groups is 2.